The minimum absolute atomic E-state index is 0.143. The van der Waals surface area contributed by atoms with Gasteiger partial charge in [-0.05, 0) is 52.9 Å². The third-order valence-corrected chi connectivity index (χ3v) is 5.34. The molecular formula is C24H25ClN2O2. The van der Waals surface area contributed by atoms with E-state index < -0.39 is 0 Å². The zero-order valence-electron chi connectivity index (χ0n) is 16.7. The topological polar surface area (TPSA) is 58.2 Å². The maximum absolute atomic E-state index is 12.4. The van der Waals surface area contributed by atoms with E-state index in [1.165, 1.54) is 0 Å². The zero-order valence-corrected chi connectivity index (χ0v) is 17.5. The van der Waals surface area contributed by atoms with Crippen molar-refractivity contribution in [1.29, 1.82) is 0 Å². The van der Waals surface area contributed by atoms with Crippen molar-refractivity contribution < 1.29 is 9.59 Å². The molecule has 3 aromatic carbocycles. The average molecular weight is 409 g/mol. The van der Waals surface area contributed by atoms with Crippen molar-refractivity contribution in [3.05, 3.63) is 76.3 Å². The largest absolute Gasteiger partial charge is 0.352 e. The van der Waals surface area contributed by atoms with Crippen molar-refractivity contribution in [2.24, 2.45) is 0 Å². The van der Waals surface area contributed by atoms with Gasteiger partial charge in [0.05, 0.1) is 0 Å². The molecule has 29 heavy (non-hydrogen) atoms. The molecule has 0 spiro atoms. The number of benzene rings is 3. The lowest BCUT2D eigenvalue weighted by Crippen LogP contribution is -2.28. The van der Waals surface area contributed by atoms with E-state index in [-0.39, 0.29) is 24.8 Å². The summed E-state index contributed by atoms with van der Waals surface area (Å²) in [5.41, 5.74) is 3.38. The van der Waals surface area contributed by atoms with Crippen molar-refractivity contribution >= 4 is 39.9 Å². The van der Waals surface area contributed by atoms with E-state index >= 15 is 0 Å². The second kappa shape index (κ2) is 9.57. The molecule has 4 nitrogen and oxygen atoms in total. The van der Waals surface area contributed by atoms with Gasteiger partial charge in [-0.25, -0.2) is 0 Å². The van der Waals surface area contributed by atoms with Gasteiger partial charge in [0.1, 0.15) is 0 Å². The second-order valence-electron chi connectivity index (χ2n) is 6.88. The number of rotatable bonds is 7. The van der Waals surface area contributed by atoms with Gasteiger partial charge < -0.3 is 10.6 Å². The Balaban J connectivity index is 1.60. The van der Waals surface area contributed by atoms with Crippen molar-refractivity contribution in [1.82, 2.24) is 5.32 Å². The fraction of sp³-hybridized carbons (Fsp3) is 0.250. The van der Waals surface area contributed by atoms with Crippen molar-refractivity contribution in [3.63, 3.8) is 0 Å². The van der Waals surface area contributed by atoms with Gasteiger partial charge in [-0.1, -0.05) is 61.8 Å². The number of amides is 2. The molecule has 2 amide bonds. The van der Waals surface area contributed by atoms with Crippen LogP contribution >= 0.6 is 11.6 Å². The standard InChI is InChI=1S/C24H25ClN2O2/c1-3-16-11-12-21(25)20(4-2)23(16)27-22(28)13-14-26-24(29)19-10-9-17-7-5-6-8-18(17)15-19/h5-12,15H,3-4,13-14H2,1-2H3,(H,26,29)(H,27,28). The van der Waals surface area contributed by atoms with Crippen LogP contribution < -0.4 is 10.6 Å². The Labute approximate surface area is 176 Å². The molecule has 0 unspecified atom stereocenters. The SMILES string of the molecule is CCc1ccc(Cl)c(CC)c1NC(=O)CCNC(=O)c1ccc2ccccc2c1. The number of nitrogens with one attached hydrogen (secondary N) is 2. The Bertz CT molecular complexity index is 1050. The zero-order chi connectivity index (χ0) is 20.8. The number of aryl methyl sites for hydroxylation is 1. The summed E-state index contributed by atoms with van der Waals surface area (Å²) in [4.78, 5) is 24.9. The van der Waals surface area contributed by atoms with Crippen LogP contribution in [0.5, 0.6) is 0 Å². The van der Waals surface area contributed by atoms with Crippen LogP contribution in [0.3, 0.4) is 0 Å². The van der Waals surface area contributed by atoms with E-state index in [0.717, 1.165) is 40.4 Å². The number of hydrogen-bond acceptors (Lipinski definition) is 2. The maximum atomic E-state index is 12.4. The Morgan fingerprint density at radius 2 is 1.69 bits per heavy atom. The summed E-state index contributed by atoms with van der Waals surface area (Å²) in [6.45, 7) is 4.32. The minimum atomic E-state index is -0.185. The number of anilines is 1. The smallest absolute Gasteiger partial charge is 0.251 e. The number of fused-ring (bicyclic) bond motifs is 1. The predicted molar refractivity (Wildman–Crippen MR) is 120 cm³/mol. The lowest BCUT2D eigenvalue weighted by Gasteiger charge is -2.16. The molecule has 150 valence electrons. The summed E-state index contributed by atoms with van der Waals surface area (Å²) in [5, 5.41) is 8.56. The van der Waals surface area contributed by atoms with Crippen molar-refractivity contribution in [2.75, 3.05) is 11.9 Å². The van der Waals surface area contributed by atoms with Crippen LogP contribution in [0, 0.1) is 0 Å². The van der Waals surface area contributed by atoms with Crippen molar-refractivity contribution in [2.45, 2.75) is 33.1 Å². The molecule has 0 fully saturated rings. The summed E-state index contributed by atoms with van der Waals surface area (Å²) in [6, 6.07) is 17.3. The molecule has 0 aliphatic carbocycles. The Hall–Kier alpha value is -2.85. The van der Waals surface area contributed by atoms with E-state index in [9.17, 15) is 9.59 Å². The monoisotopic (exact) mass is 408 g/mol. The number of hydrogen-bond donors (Lipinski definition) is 2. The molecule has 0 aliphatic rings. The summed E-state index contributed by atoms with van der Waals surface area (Å²) >= 11 is 6.29. The van der Waals surface area contributed by atoms with Gasteiger partial charge in [-0.3, -0.25) is 9.59 Å². The fourth-order valence-corrected chi connectivity index (χ4v) is 3.68. The summed E-state index contributed by atoms with van der Waals surface area (Å²) < 4.78 is 0. The van der Waals surface area contributed by atoms with Crippen LogP contribution in [-0.2, 0) is 17.6 Å². The van der Waals surface area contributed by atoms with Crippen LogP contribution in [0.25, 0.3) is 10.8 Å². The minimum Gasteiger partial charge on any atom is -0.352 e. The van der Waals surface area contributed by atoms with Crippen molar-refractivity contribution in [3.8, 4) is 0 Å². The lowest BCUT2D eigenvalue weighted by molar-refractivity contribution is -0.116. The molecule has 0 atom stereocenters. The normalized spacial score (nSPS) is 10.7. The molecule has 0 heterocycles. The molecule has 0 bridgehead atoms. The Morgan fingerprint density at radius 3 is 2.41 bits per heavy atom. The molecule has 3 rings (SSSR count). The maximum Gasteiger partial charge on any atom is 0.251 e. The molecule has 0 aromatic heterocycles. The molecular weight excluding hydrogens is 384 g/mol. The van der Waals surface area contributed by atoms with Crippen LogP contribution in [0.4, 0.5) is 5.69 Å². The number of carbonyl (C=O) groups excluding carboxylic acids is 2. The average Bonchev–Trinajstić information content (AvgIpc) is 2.73. The highest BCUT2D eigenvalue weighted by Crippen LogP contribution is 2.29. The molecule has 0 saturated heterocycles. The van der Waals surface area contributed by atoms with Gasteiger partial charge >= 0.3 is 0 Å². The number of halogens is 1. The van der Waals surface area contributed by atoms with Crippen LogP contribution in [0.1, 0.15) is 41.8 Å². The molecule has 5 heteroatoms. The Morgan fingerprint density at radius 1 is 0.931 bits per heavy atom. The number of carbonyl (C=O) groups is 2. The molecule has 0 saturated carbocycles. The molecule has 0 aliphatic heterocycles. The van der Waals surface area contributed by atoms with E-state index in [2.05, 4.69) is 10.6 Å². The summed E-state index contributed by atoms with van der Waals surface area (Å²) in [5.74, 6) is -0.328. The van der Waals surface area contributed by atoms with E-state index in [1.54, 1.807) is 6.07 Å². The molecule has 0 radical (unpaired) electrons. The first-order valence-corrected chi connectivity index (χ1v) is 10.3. The fourth-order valence-electron chi connectivity index (χ4n) is 3.39. The van der Waals surface area contributed by atoms with Gasteiger partial charge in [0.25, 0.3) is 5.91 Å². The Kier molecular flexibility index (Phi) is 6.89. The van der Waals surface area contributed by atoms with E-state index in [0.29, 0.717) is 10.6 Å². The third-order valence-electron chi connectivity index (χ3n) is 4.99. The predicted octanol–water partition coefficient (Wildman–Crippen LogP) is 5.38. The van der Waals surface area contributed by atoms with Crippen LogP contribution in [0.2, 0.25) is 5.02 Å². The summed E-state index contributed by atoms with van der Waals surface area (Å²) in [6.07, 6.45) is 1.73. The van der Waals surface area contributed by atoms with Gasteiger partial charge in [0.2, 0.25) is 5.91 Å². The highest BCUT2D eigenvalue weighted by molar-refractivity contribution is 6.32. The summed E-state index contributed by atoms with van der Waals surface area (Å²) in [7, 11) is 0. The third kappa shape index (κ3) is 4.96. The molecule has 2 N–H and O–H groups in total. The van der Waals surface area contributed by atoms with E-state index in [4.69, 9.17) is 11.6 Å². The lowest BCUT2D eigenvalue weighted by atomic mass is 10.0. The quantitative estimate of drug-likeness (QED) is 0.551. The molecule has 3 aromatic rings. The van der Waals surface area contributed by atoms with Gasteiger partial charge in [-0.15, -0.1) is 0 Å². The van der Waals surface area contributed by atoms with Gasteiger partial charge in [-0.2, -0.15) is 0 Å². The second-order valence-corrected chi connectivity index (χ2v) is 7.29. The first-order valence-electron chi connectivity index (χ1n) is 9.90. The van der Waals surface area contributed by atoms with Gasteiger partial charge in [0, 0.05) is 29.2 Å². The van der Waals surface area contributed by atoms with Gasteiger partial charge in [0.15, 0.2) is 0 Å². The first-order chi connectivity index (χ1) is 14.0. The highest BCUT2D eigenvalue weighted by atomic mass is 35.5. The van der Waals surface area contributed by atoms with Crippen LogP contribution in [0.15, 0.2) is 54.6 Å². The van der Waals surface area contributed by atoms with E-state index in [1.807, 2.05) is 62.4 Å². The highest BCUT2D eigenvalue weighted by Gasteiger charge is 2.14. The van der Waals surface area contributed by atoms with Crippen LogP contribution in [-0.4, -0.2) is 18.4 Å². The first kappa shape index (κ1) is 20.9.